The van der Waals surface area contributed by atoms with Crippen LogP contribution >= 0.6 is 12.4 Å². The topological polar surface area (TPSA) is 79.5 Å². The van der Waals surface area contributed by atoms with Gasteiger partial charge in [0.2, 0.25) is 11.7 Å². The Morgan fingerprint density at radius 3 is 2.46 bits per heavy atom. The summed E-state index contributed by atoms with van der Waals surface area (Å²) >= 11 is 0. The van der Waals surface area contributed by atoms with Crippen molar-refractivity contribution >= 4 is 18.4 Å². The van der Waals surface area contributed by atoms with Gasteiger partial charge < -0.3 is 9.63 Å². The first-order chi connectivity index (χ1) is 11.7. The molecular weight excluding hydrogens is 382 g/mol. The lowest BCUT2D eigenvalue weighted by atomic mass is 9.96. The van der Waals surface area contributed by atoms with Crippen LogP contribution in [-0.2, 0) is 11.3 Å². The van der Waals surface area contributed by atoms with Crippen molar-refractivity contribution in [3.8, 4) is 11.4 Å². The summed E-state index contributed by atoms with van der Waals surface area (Å²) in [6, 6.07) is 5.33. The van der Waals surface area contributed by atoms with E-state index in [1.165, 1.54) is 29.2 Å². The molecule has 2 aromatic rings. The van der Waals surface area contributed by atoms with Crippen molar-refractivity contribution in [1.82, 2.24) is 15.0 Å². The summed E-state index contributed by atoms with van der Waals surface area (Å²) in [5.41, 5.74) is 0.495. The molecule has 2 atom stereocenters. The van der Waals surface area contributed by atoms with Crippen molar-refractivity contribution in [2.24, 2.45) is 11.8 Å². The Bertz CT molecular complexity index is 766. The van der Waals surface area contributed by atoms with Gasteiger partial charge in [-0.05, 0) is 24.3 Å². The number of carboxylic acid groups (broad SMARTS) is 1. The van der Waals surface area contributed by atoms with Gasteiger partial charge in [0.1, 0.15) is 5.82 Å². The van der Waals surface area contributed by atoms with Gasteiger partial charge in [-0.15, -0.1) is 12.4 Å². The van der Waals surface area contributed by atoms with E-state index in [9.17, 15) is 22.4 Å². The number of halogens is 5. The fourth-order valence-electron chi connectivity index (χ4n) is 2.82. The van der Waals surface area contributed by atoms with Gasteiger partial charge in [0.25, 0.3) is 0 Å². The third-order valence-electron chi connectivity index (χ3n) is 4.06. The summed E-state index contributed by atoms with van der Waals surface area (Å²) in [4.78, 5) is 16.4. The number of hydrogen-bond acceptors (Lipinski definition) is 5. The lowest BCUT2D eigenvalue weighted by Crippen LogP contribution is -2.33. The van der Waals surface area contributed by atoms with Gasteiger partial charge in [0.05, 0.1) is 18.4 Å². The Balaban J connectivity index is 0.00000243. The molecule has 0 radical (unpaired) electrons. The SMILES string of the molecule is Cl.O=C(O)[C@@H]1CN(Cc2nc(-c3ccc(F)cc3)no2)C[C@H]1C(F)(F)F. The maximum Gasteiger partial charge on any atom is 0.393 e. The molecule has 3 rings (SSSR count). The van der Waals surface area contributed by atoms with Crippen LogP contribution in [0.5, 0.6) is 0 Å². The van der Waals surface area contributed by atoms with Gasteiger partial charge >= 0.3 is 12.1 Å². The highest BCUT2D eigenvalue weighted by atomic mass is 35.5. The number of aliphatic carboxylic acids is 1. The van der Waals surface area contributed by atoms with Crippen LogP contribution in [0.3, 0.4) is 0 Å². The predicted molar refractivity (Wildman–Crippen MR) is 82.9 cm³/mol. The second-order valence-electron chi connectivity index (χ2n) is 5.81. The lowest BCUT2D eigenvalue weighted by molar-refractivity contribution is -0.188. The molecule has 11 heteroatoms. The van der Waals surface area contributed by atoms with Gasteiger partial charge in [-0.2, -0.15) is 18.2 Å². The Hall–Kier alpha value is -2.20. The third kappa shape index (κ3) is 4.31. The molecule has 1 aromatic carbocycles. The fraction of sp³-hybridized carbons (Fsp3) is 0.400. The van der Waals surface area contributed by atoms with E-state index in [-0.39, 0.29) is 37.2 Å². The van der Waals surface area contributed by atoms with Gasteiger partial charge in [-0.25, -0.2) is 4.39 Å². The van der Waals surface area contributed by atoms with E-state index in [1.807, 2.05) is 0 Å². The zero-order valence-corrected chi connectivity index (χ0v) is 13.9. The molecule has 0 unspecified atom stereocenters. The van der Waals surface area contributed by atoms with E-state index < -0.39 is 36.3 Å². The highest BCUT2D eigenvalue weighted by molar-refractivity contribution is 5.85. The number of benzene rings is 1. The third-order valence-corrected chi connectivity index (χ3v) is 4.06. The molecule has 0 amide bonds. The maximum atomic E-state index is 13.0. The van der Waals surface area contributed by atoms with Crippen molar-refractivity contribution in [3.63, 3.8) is 0 Å². The van der Waals surface area contributed by atoms with E-state index in [1.54, 1.807) is 0 Å². The first kappa shape index (κ1) is 20.1. The van der Waals surface area contributed by atoms with Crippen molar-refractivity contribution in [1.29, 1.82) is 0 Å². The van der Waals surface area contributed by atoms with Gasteiger partial charge in [0.15, 0.2) is 0 Å². The molecule has 1 aromatic heterocycles. The molecule has 6 nitrogen and oxygen atoms in total. The minimum absolute atomic E-state index is 0. The standard InChI is InChI=1S/C15H13F4N3O3.ClH/c16-9-3-1-8(2-4-9)13-20-12(25-21-13)7-22-5-10(14(23)24)11(6-22)15(17,18)19;/h1-4,10-11H,5-7H2,(H,23,24);1H/t10-,11-;/m1./s1. The first-order valence-electron chi connectivity index (χ1n) is 7.34. The second-order valence-corrected chi connectivity index (χ2v) is 5.81. The van der Waals surface area contributed by atoms with Crippen LogP contribution in [0.1, 0.15) is 5.89 Å². The van der Waals surface area contributed by atoms with Crippen molar-refractivity contribution in [2.45, 2.75) is 12.7 Å². The number of carboxylic acids is 1. The van der Waals surface area contributed by atoms with Crippen molar-refractivity contribution < 1.29 is 32.0 Å². The number of hydrogen-bond donors (Lipinski definition) is 1. The van der Waals surface area contributed by atoms with Crippen LogP contribution in [0.4, 0.5) is 17.6 Å². The summed E-state index contributed by atoms with van der Waals surface area (Å²) in [6.07, 6.45) is -4.59. The van der Waals surface area contributed by atoms with Crippen molar-refractivity contribution in [2.75, 3.05) is 13.1 Å². The number of likely N-dealkylation sites (tertiary alicyclic amines) is 1. The molecule has 1 fully saturated rings. The Morgan fingerprint density at radius 1 is 1.27 bits per heavy atom. The fourth-order valence-corrected chi connectivity index (χ4v) is 2.82. The zero-order chi connectivity index (χ0) is 18.2. The average molecular weight is 396 g/mol. The van der Waals surface area contributed by atoms with E-state index in [2.05, 4.69) is 10.1 Å². The van der Waals surface area contributed by atoms with E-state index in [0.29, 0.717) is 5.56 Å². The predicted octanol–water partition coefficient (Wildman–Crippen LogP) is 2.99. The summed E-state index contributed by atoms with van der Waals surface area (Å²) in [5, 5.41) is 12.7. The van der Waals surface area contributed by atoms with Gasteiger partial charge in [-0.1, -0.05) is 5.16 Å². The van der Waals surface area contributed by atoms with E-state index in [4.69, 9.17) is 9.63 Å². The molecule has 1 aliphatic rings. The molecule has 0 spiro atoms. The smallest absolute Gasteiger partial charge is 0.393 e. The molecule has 2 heterocycles. The minimum atomic E-state index is -4.59. The van der Waals surface area contributed by atoms with Crippen LogP contribution in [0.15, 0.2) is 28.8 Å². The lowest BCUT2D eigenvalue weighted by Gasteiger charge is -2.17. The maximum absolute atomic E-state index is 13.0. The van der Waals surface area contributed by atoms with Crippen LogP contribution in [0.2, 0.25) is 0 Å². The number of carbonyl (C=O) groups is 1. The van der Waals surface area contributed by atoms with Crippen LogP contribution in [-0.4, -0.2) is 45.4 Å². The van der Waals surface area contributed by atoms with Crippen LogP contribution < -0.4 is 0 Å². The average Bonchev–Trinajstić information content (AvgIpc) is 3.15. The Morgan fingerprint density at radius 2 is 1.92 bits per heavy atom. The highest BCUT2D eigenvalue weighted by Gasteiger charge is 2.52. The molecule has 1 saturated heterocycles. The molecule has 26 heavy (non-hydrogen) atoms. The quantitative estimate of drug-likeness (QED) is 0.802. The number of rotatable bonds is 4. The largest absolute Gasteiger partial charge is 0.481 e. The molecule has 0 bridgehead atoms. The van der Waals surface area contributed by atoms with E-state index >= 15 is 0 Å². The minimum Gasteiger partial charge on any atom is -0.481 e. The molecular formula is C15H14ClF4N3O3. The number of aromatic nitrogens is 2. The molecule has 0 saturated carbocycles. The number of nitrogens with zero attached hydrogens (tertiary/aromatic N) is 3. The Labute approximate surface area is 151 Å². The van der Waals surface area contributed by atoms with Crippen molar-refractivity contribution in [3.05, 3.63) is 36.0 Å². The zero-order valence-electron chi connectivity index (χ0n) is 13.1. The Kier molecular flexibility index (Phi) is 5.87. The summed E-state index contributed by atoms with van der Waals surface area (Å²) in [5.74, 6) is -5.14. The van der Waals surface area contributed by atoms with Crippen LogP contribution in [0, 0.1) is 17.7 Å². The highest BCUT2D eigenvalue weighted by Crippen LogP contribution is 2.38. The monoisotopic (exact) mass is 395 g/mol. The first-order valence-corrected chi connectivity index (χ1v) is 7.34. The van der Waals surface area contributed by atoms with E-state index in [0.717, 1.165) is 0 Å². The summed E-state index contributed by atoms with van der Waals surface area (Å²) in [7, 11) is 0. The van der Waals surface area contributed by atoms with Crippen LogP contribution in [0.25, 0.3) is 11.4 Å². The molecule has 0 aliphatic carbocycles. The molecule has 1 aliphatic heterocycles. The molecule has 142 valence electrons. The second kappa shape index (κ2) is 7.58. The van der Waals surface area contributed by atoms with Gasteiger partial charge in [0, 0.05) is 18.7 Å². The normalized spacial score (nSPS) is 20.8. The summed E-state index contributed by atoms with van der Waals surface area (Å²) < 4.78 is 56.8. The number of alkyl halides is 3. The molecule has 1 N–H and O–H groups in total. The summed E-state index contributed by atoms with van der Waals surface area (Å²) in [6.45, 7) is -0.799. The van der Waals surface area contributed by atoms with Gasteiger partial charge in [-0.3, -0.25) is 9.69 Å².